The van der Waals surface area contributed by atoms with Crippen LogP contribution < -0.4 is 4.72 Å². The molecule has 0 aromatic carbocycles. The van der Waals surface area contributed by atoms with Gasteiger partial charge >= 0.3 is 18.1 Å². The van der Waals surface area contributed by atoms with Crippen molar-refractivity contribution in [3.8, 4) is 0 Å². The van der Waals surface area contributed by atoms with E-state index in [1.165, 1.54) is 4.90 Å². The number of carboxylic acid groups (broad SMARTS) is 2. The smallest absolute Gasteiger partial charge is 0.408 e. The Bertz CT molecular complexity index is 792. The van der Waals surface area contributed by atoms with E-state index in [0.717, 1.165) is 11.2 Å². The summed E-state index contributed by atoms with van der Waals surface area (Å²) in [6.07, 6.45) is 1.28. The number of sulfonamides is 1. The molecule has 5 aliphatic rings. The van der Waals surface area contributed by atoms with Gasteiger partial charge in [-0.05, 0) is 19.3 Å². The van der Waals surface area contributed by atoms with Gasteiger partial charge in [-0.25, -0.2) is 27.5 Å². The van der Waals surface area contributed by atoms with Crippen molar-refractivity contribution in [3.63, 3.8) is 0 Å². The first-order chi connectivity index (χ1) is 12.0. The van der Waals surface area contributed by atoms with Crippen molar-refractivity contribution in [1.29, 1.82) is 0 Å². The lowest BCUT2D eigenvalue weighted by Gasteiger charge is -2.72. The number of amides is 3. The quantitative estimate of drug-likeness (QED) is 0.546. The van der Waals surface area contributed by atoms with Gasteiger partial charge in [0.25, 0.3) is 0 Å². The minimum atomic E-state index is -3.34. The summed E-state index contributed by atoms with van der Waals surface area (Å²) < 4.78 is 25.5. The molecular weight excluding hydrogens is 368 g/mol. The van der Waals surface area contributed by atoms with Gasteiger partial charge in [0, 0.05) is 25.2 Å². The fraction of sp³-hybridized carbons (Fsp3) is 0.786. The molecule has 0 unspecified atom stereocenters. The molecular formula is C14H20N4O7S. The average molecular weight is 388 g/mol. The molecule has 2 heterocycles. The van der Waals surface area contributed by atoms with Gasteiger partial charge in [-0.2, -0.15) is 0 Å². The van der Waals surface area contributed by atoms with Crippen molar-refractivity contribution in [1.82, 2.24) is 19.4 Å². The second-order valence-corrected chi connectivity index (χ2v) is 9.57. The lowest BCUT2D eigenvalue weighted by atomic mass is 9.44. The number of hydrogen-bond acceptors (Lipinski definition) is 5. The van der Waals surface area contributed by atoms with E-state index < -0.39 is 45.2 Å². The fourth-order valence-electron chi connectivity index (χ4n) is 5.19. The third-order valence-corrected chi connectivity index (χ3v) is 6.81. The summed E-state index contributed by atoms with van der Waals surface area (Å²) >= 11 is 0. The van der Waals surface area contributed by atoms with E-state index in [1.807, 2.05) is 0 Å². The third-order valence-electron chi connectivity index (χ3n) is 6.00. The summed E-state index contributed by atoms with van der Waals surface area (Å²) in [5, 5.41) is 18.7. The molecule has 144 valence electrons. The molecule has 2 bridgehead atoms. The van der Waals surface area contributed by atoms with Crippen LogP contribution in [0.5, 0.6) is 0 Å². The van der Waals surface area contributed by atoms with Crippen LogP contribution in [0.3, 0.4) is 0 Å². The second kappa shape index (κ2) is 5.00. The number of urea groups is 1. The summed E-state index contributed by atoms with van der Waals surface area (Å²) in [4.78, 5) is 39.7. The maximum absolute atomic E-state index is 12.8. The van der Waals surface area contributed by atoms with Gasteiger partial charge in [0.05, 0.1) is 17.8 Å². The van der Waals surface area contributed by atoms with E-state index in [-0.39, 0.29) is 25.7 Å². The molecule has 11 nitrogen and oxygen atoms in total. The standard InChI is InChI=1S/C14H20N4O7S/c1-26(24,25)15-13-5-14(6-13,7-13)18-4-8-9(10(19)20)17(12(22)23)3-2-16(8)11(18)21/h8-9,15H,2-7H2,1H3,(H,19,20)(H,22,23)/t8-,9+,13?,14?/m1/s1. The highest BCUT2D eigenvalue weighted by atomic mass is 32.2. The Hall–Kier alpha value is -2.08. The van der Waals surface area contributed by atoms with Gasteiger partial charge in [0.15, 0.2) is 6.04 Å². The van der Waals surface area contributed by atoms with Crippen molar-refractivity contribution < 1.29 is 33.0 Å². The number of hydrogen-bond donors (Lipinski definition) is 3. The van der Waals surface area contributed by atoms with Crippen LogP contribution in [-0.4, -0.2) is 100 Å². The highest BCUT2D eigenvalue weighted by molar-refractivity contribution is 7.88. The Labute approximate surface area is 149 Å². The summed E-state index contributed by atoms with van der Waals surface area (Å²) in [5.74, 6) is -1.27. The molecule has 3 N–H and O–H groups in total. The molecule has 2 aliphatic heterocycles. The molecule has 0 spiro atoms. The normalized spacial score (nSPS) is 38.5. The van der Waals surface area contributed by atoms with Crippen LogP contribution in [-0.2, 0) is 14.8 Å². The van der Waals surface area contributed by atoms with E-state index in [1.54, 1.807) is 4.90 Å². The maximum Gasteiger partial charge on any atom is 0.408 e. The van der Waals surface area contributed by atoms with Crippen molar-refractivity contribution in [2.75, 3.05) is 25.9 Å². The van der Waals surface area contributed by atoms with Crippen LogP contribution in [0.2, 0.25) is 0 Å². The fourth-order valence-corrected chi connectivity index (χ4v) is 6.19. The van der Waals surface area contributed by atoms with Crippen molar-refractivity contribution in [3.05, 3.63) is 0 Å². The zero-order chi connectivity index (χ0) is 19.1. The number of rotatable bonds is 4. The molecule has 5 fully saturated rings. The molecule has 0 radical (unpaired) electrons. The monoisotopic (exact) mass is 388 g/mol. The van der Waals surface area contributed by atoms with E-state index in [2.05, 4.69) is 4.72 Å². The first-order valence-corrected chi connectivity index (χ1v) is 10.2. The summed E-state index contributed by atoms with van der Waals surface area (Å²) in [5.41, 5.74) is -0.959. The molecule has 2 saturated heterocycles. The first kappa shape index (κ1) is 17.3. The molecule has 0 aromatic rings. The van der Waals surface area contributed by atoms with E-state index >= 15 is 0 Å². The van der Waals surface area contributed by atoms with E-state index in [0.29, 0.717) is 19.3 Å². The van der Waals surface area contributed by atoms with Gasteiger partial charge < -0.3 is 20.0 Å². The number of fused-ring (bicyclic) bond motifs is 1. The van der Waals surface area contributed by atoms with Gasteiger partial charge in [-0.1, -0.05) is 0 Å². The maximum atomic E-state index is 12.8. The molecule has 3 saturated carbocycles. The molecule has 0 aromatic heterocycles. The van der Waals surface area contributed by atoms with Crippen molar-refractivity contribution in [2.45, 2.75) is 42.4 Å². The lowest BCUT2D eigenvalue weighted by Crippen LogP contribution is -2.83. The second-order valence-electron chi connectivity index (χ2n) is 7.82. The summed E-state index contributed by atoms with van der Waals surface area (Å²) in [6.45, 7) is 0.238. The molecule has 3 amide bonds. The number of piperazine rings is 1. The molecule has 2 atom stereocenters. The van der Waals surface area contributed by atoms with E-state index in [9.17, 15) is 33.0 Å². The number of carboxylic acids is 1. The van der Waals surface area contributed by atoms with Crippen LogP contribution >= 0.6 is 0 Å². The Morgan fingerprint density at radius 2 is 1.81 bits per heavy atom. The predicted octanol–water partition coefficient (Wildman–Crippen LogP) is -1.24. The van der Waals surface area contributed by atoms with Crippen LogP contribution in [0.4, 0.5) is 9.59 Å². The molecule has 5 rings (SSSR count). The van der Waals surface area contributed by atoms with Gasteiger partial charge in [0.2, 0.25) is 10.0 Å². The predicted molar refractivity (Wildman–Crippen MR) is 86.0 cm³/mol. The van der Waals surface area contributed by atoms with Crippen molar-refractivity contribution >= 4 is 28.1 Å². The van der Waals surface area contributed by atoms with Crippen LogP contribution in [0.15, 0.2) is 0 Å². The van der Waals surface area contributed by atoms with Gasteiger partial charge in [-0.15, -0.1) is 0 Å². The van der Waals surface area contributed by atoms with Crippen molar-refractivity contribution in [2.24, 2.45) is 0 Å². The van der Waals surface area contributed by atoms with E-state index in [4.69, 9.17) is 0 Å². The summed E-state index contributed by atoms with van der Waals surface area (Å²) in [7, 11) is -3.34. The SMILES string of the molecule is CS(=O)(=O)NC12CC(N3C[C@@H]4[C@@H](C(=O)O)N(C(=O)O)CCN4C3=O)(C1)C2. The van der Waals surface area contributed by atoms with Crippen LogP contribution in [0.25, 0.3) is 0 Å². The number of nitrogens with one attached hydrogen (secondary N) is 1. The first-order valence-electron chi connectivity index (χ1n) is 8.27. The molecule has 12 heteroatoms. The summed E-state index contributed by atoms with van der Waals surface area (Å²) in [6, 6.07) is -2.33. The highest BCUT2D eigenvalue weighted by Gasteiger charge is 2.74. The molecule has 3 aliphatic carbocycles. The number of nitrogens with zero attached hydrogens (tertiary/aromatic N) is 3. The Morgan fingerprint density at radius 3 is 2.31 bits per heavy atom. The number of aliphatic carboxylic acids is 1. The Balaban J connectivity index is 1.52. The zero-order valence-corrected chi connectivity index (χ0v) is 14.9. The zero-order valence-electron chi connectivity index (χ0n) is 14.1. The minimum Gasteiger partial charge on any atom is -0.480 e. The number of carbonyl (C=O) groups is 3. The van der Waals surface area contributed by atoms with Gasteiger partial charge in [-0.3, -0.25) is 4.90 Å². The average Bonchev–Trinajstić information content (AvgIpc) is 2.76. The largest absolute Gasteiger partial charge is 0.480 e. The lowest BCUT2D eigenvalue weighted by molar-refractivity contribution is -0.150. The van der Waals surface area contributed by atoms with Crippen LogP contribution in [0, 0.1) is 0 Å². The number of carbonyl (C=O) groups excluding carboxylic acids is 1. The highest BCUT2D eigenvalue weighted by Crippen LogP contribution is 2.64. The third kappa shape index (κ3) is 2.28. The van der Waals surface area contributed by atoms with Gasteiger partial charge in [0.1, 0.15) is 0 Å². The Kier molecular flexibility index (Phi) is 3.34. The molecule has 26 heavy (non-hydrogen) atoms. The van der Waals surface area contributed by atoms with Crippen LogP contribution in [0.1, 0.15) is 19.3 Å². The minimum absolute atomic E-state index is 0.0467. The Morgan fingerprint density at radius 1 is 1.19 bits per heavy atom. The topological polar surface area (TPSA) is 148 Å².